The Morgan fingerprint density at radius 1 is 1.27 bits per heavy atom. The van der Waals surface area contributed by atoms with E-state index in [2.05, 4.69) is 21.2 Å². The van der Waals surface area contributed by atoms with Crippen LogP contribution in [0.5, 0.6) is 11.5 Å². The first-order valence-electron chi connectivity index (χ1n) is 8.16. The zero-order valence-electron chi connectivity index (χ0n) is 13.5. The minimum Gasteiger partial charge on any atom is -0.465 e. The summed E-state index contributed by atoms with van der Waals surface area (Å²) in [6.45, 7) is 0.647. The predicted octanol–water partition coefficient (Wildman–Crippen LogP) is 4.81. The van der Waals surface area contributed by atoms with Crippen LogP contribution in [-0.4, -0.2) is 23.8 Å². The molecule has 2 aromatic carbocycles. The lowest BCUT2D eigenvalue weighted by molar-refractivity contribution is 0.184. The van der Waals surface area contributed by atoms with E-state index in [9.17, 15) is 18.7 Å². The summed E-state index contributed by atoms with van der Waals surface area (Å²) in [4.78, 5) is 13.3. The Morgan fingerprint density at radius 3 is 2.85 bits per heavy atom. The third-order valence-electron chi connectivity index (χ3n) is 4.77. The molecule has 0 aliphatic carbocycles. The summed E-state index contributed by atoms with van der Waals surface area (Å²) in [6, 6.07) is 6.25. The van der Waals surface area contributed by atoms with Gasteiger partial charge in [0.1, 0.15) is 17.4 Å². The number of carboxylic acid groups (broad SMARTS) is 1. The lowest BCUT2D eigenvalue weighted by atomic mass is 9.89. The van der Waals surface area contributed by atoms with Gasteiger partial charge in [0.15, 0.2) is 5.75 Å². The molecule has 0 radical (unpaired) electrons. The fourth-order valence-corrected chi connectivity index (χ4v) is 4.08. The highest BCUT2D eigenvalue weighted by molar-refractivity contribution is 9.10. The molecule has 0 saturated carbocycles. The first-order chi connectivity index (χ1) is 12.4. The lowest BCUT2D eigenvalue weighted by Gasteiger charge is -2.42. The first kappa shape index (κ1) is 17.1. The van der Waals surface area contributed by atoms with Gasteiger partial charge < -0.3 is 20.1 Å². The Kier molecular flexibility index (Phi) is 4.22. The number of hydrogen-bond acceptors (Lipinski definition) is 3. The number of anilines is 1. The van der Waals surface area contributed by atoms with E-state index in [1.807, 2.05) is 4.90 Å². The maximum Gasteiger partial charge on any atom is 0.404 e. The minimum atomic E-state index is -1.12. The van der Waals surface area contributed by atoms with E-state index < -0.39 is 23.8 Å². The number of fused-ring (bicyclic) bond motifs is 5. The maximum absolute atomic E-state index is 14.1. The molecule has 1 saturated heterocycles. The van der Waals surface area contributed by atoms with Gasteiger partial charge in [0.2, 0.25) is 0 Å². The van der Waals surface area contributed by atoms with Crippen LogP contribution in [-0.2, 0) is 0 Å². The van der Waals surface area contributed by atoms with E-state index in [0.717, 1.165) is 6.42 Å². The van der Waals surface area contributed by atoms with Crippen molar-refractivity contribution in [2.75, 3.05) is 11.4 Å². The summed E-state index contributed by atoms with van der Waals surface area (Å²) in [6.07, 6.45) is 0.278. The Morgan fingerprint density at radius 2 is 2.08 bits per heavy atom. The third-order valence-corrected chi connectivity index (χ3v) is 5.37. The Hall–Kier alpha value is -2.35. The summed E-state index contributed by atoms with van der Waals surface area (Å²) in [5.74, 6) is -0.428. The van der Waals surface area contributed by atoms with Gasteiger partial charge in [-0.3, -0.25) is 0 Å². The smallest absolute Gasteiger partial charge is 0.404 e. The second kappa shape index (κ2) is 6.42. The Balaban J connectivity index is 1.92. The van der Waals surface area contributed by atoms with Crippen molar-refractivity contribution in [3.05, 3.63) is 52.0 Å². The molecular formula is C18H15BrF2N2O3. The van der Waals surface area contributed by atoms with E-state index in [1.54, 1.807) is 12.1 Å². The van der Waals surface area contributed by atoms with E-state index >= 15 is 0 Å². The van der Waals surface area contributed by atoms with Crippen molar-refractivity contribution in [3.63, 3.8) is 0 Å². The highest BCUT2D eigenvalue weighted by Gasteiger charge is 2.39. The Labute approximate surface area is 156 Å². The highest BCUT2D eigenvalue weighted by atomic mass is 79.9. The number of amides is 1. The SMILES string of the molecule is O=C(O)NC1CCCN2c3cc(Br)c(F)cc3Oc3cc(F)ccc3C12. The zero-order chi connectivity index (χ0) is 18.4. The van der Waals surface area contributed by atoms with E-state index in [0.29, 0.717) is 24.2 Å². The van der Waals surface area contributed by atoms with Crippen LogP contribution in [0.15, 0.2) is 34.8 Å². The van der Waals surface area contributed by atoms with Crippen molar-refractivity contribution in [1.82, 2.24) is 5.32 Å². The van der Waals surface area contributed by atoms with Gasteiger partial charge in [-0.25, -0.2) is 13.6 Å². The summed E-state index contributed by atoms with van der Waals surface area (Å²) in [5.41, 5.74) is 1.30. The molecule has 0 aromatic heterocycles. The van der Waals surface area contributed by atoms with Crippen molar-refractivity contribution in [2.24, 2.45) is 0 Å². The van der Waals surface area contributed by atoms with Gasteiger partial charge in [-0.05, 0) is 40.9 Å². The fourth-order valence-electron chi connectivity index (χ4n) is 3.74. The summed E-state index contributed by atoms with van der Waals surface area (Å²) in [7, 11) is 0. The molecule has 0 spiro atoms. The topological polar surface area (TPSA) is 61.8 Å². The van der Waals surface area contributed by atoms with E-state index in [-0.39, 0.29) is 22.0 Å². The molecule has 4 rings (SSSR count). The van der Waals surface area contributed by atoms with Crippen molar-refractivity contribution in [1.29, 1.82) is 0 Å². The number of carbonyl (C=O) groups is 1. The second-order valence-electron chi connectivity index (χ2n) is 6.35. The number of benzene rings is 2. The van der Waals surface area contributed by atoms with Crippen LogP contribution in [0.2, 0.25) is 0 Å². The number of piperidine rings is 1. The maximum atomic E-state index is 14.1. The number of halogens is 3. The third kappa shape index (κ3) is 2.88. The molecule has 1 amide bonds. The molecule has 0 bridgehead atoms. The van der Waals surface area contributed by atoms with Gasteiger partial charge in [0.25, 0.3) is 0 Å². The molecule has 26 heavy (non-hydrogen) atoms. The summed E-state index contributed by atoms with van der Waals surface area (Å²) >= 11 is 3.19. The molecule has 2 aliphatic rings. The van der Waals surface area contributed by atoms with Crippen LogP contribution in [0.3, 0.4) is 0 Å². The van der Waals surface area contributed by atoms with E-state index in [1.165, 1.54) is 18.2 Å². The quantitative estimate of drug-likeness (QED) is 0.689. The van der Waals surface area contributed by atoms with Gasteiger partial charge in [-0.1, -0.05) is 6.07 Å². The fraction of sp³-hybridized carbons (Fsp3) is 0.278. The zero-order valence-corrected chi connectivity index (χ0v) is 15.1. The molecule has 1 fully saturated rings. The predicted molar refractivity (Wildman–Crippen MR) is 94.8 cm³/mol. The Bertz CT molecular complexity index is 893. The van der Waals surface area contributed by atoms with Gasteiger partial charge >= 0.3 is 6.09 Å². The number of hydrogen-bond donors (Lipinski definition) is 2. The number of rotatable bonds is 1. The largest absolute Gasteiger partial charge is 0.465 e. The molecule has 2 aliphatic heterocycles. The molecule has 2 unspecified atom stereocenters. The average molecular weight is 425 g/mol. The van der Waals surface area contributed by atoms with Crippen molar-refractivity contribution < 1.29 is 23.4 Å². The van der Waals surface area contributed by atoms with Gasteiger partial charge in [-0.15, -0.1) is 0 Å². The molecule has 2 heterocycles. The standard InChI is InChI=1S/C18H15BrF2N2O3/c19-11-7-14-16(8-12(11)21)26-15-6-9(20)3-4-10(15)17-13(22-18(24)25)2-1-5-23(14)17/h3-4,6-8,13,17,22H,1-2,5H2,(H,24,25). The lowest BCUT2D eigenvalue weighted by Crippen LogP contribution is -2.49. The normalized spacial score (nSPS) is 21.0. The van der Waals surface area contributed by atoms with Crippen LogP contribution in [0, 0.1) is 11.6 Å². The van der Waals surface area contributed by atoms with Crippen LogP contribution in [0.4, 0.5) is 19.3 Å². The monoisotopic (exact) mass is 424 g/mol. The van der Waals surface area contributed by atoms with Crippen LogP contribution >= 0.6 is 15.9 Å². The first-order valence-corrected chi connectivity index (χ1v) is 8.96. The van der Waals surface area contributed by atoms with E-state index in [4.69, 9.17) is 4.74 Å². The summed E-state index contributed by atoms with van der Waals surface area (Å²) in [5, 5.41) is 11.8. The van der Waals surface area contributed by atoms with Gasteiger partial charge in [-0.2, -0.15) is 0 Å². The number of ether oxygens (including phenoxy) is 1. The molecule has 136 valence electrons. The molecule has 2 aromatic rings. The van der Waals surface area contributed by atoms with Gasteiger partial charge in [0.05, 0.1) is 22.2 Å². The molecule has 2 atom stereocenters. The molecule has 8 heteroatoms. The summed E-state index contributed by atoms with van der Waals surface area (Å²) < 4.78 is 34.0. The van der Waals surface area contributed by atoms with Crippen molar-refractivity contribution in [2.45, 2.75) is 24.9 Å². The second-order valence-corrected chi connectivity index (χ2v) is 7.21. The average Bonchev–Trinajstić information content (AvgIpc) is 2.70. The number of nitrogens with one attached hydrogen (secondary N) is 1. The molecule has 2 N–H and O–H groups in total. The molecular weight excluding hydrogens is 410 g/mol. The van der Waals surface area contributed by atoms with Crippen LogP contribution < -0.4 is 15.0 Å². The van der Waals surface area contributed by atoms with Crippen molar-refractivity contribution >= 4 is 27.7 Å². The number of nitrogens with zero attached hydrogens (tertiary/aromatic N) is 1. The van der Waals surface area contributed by atoms with Crippen molar-refractivity contribution in [3.8, 4) is 11.5 Å². The van der Waals surface area contributed by atoms with Crippen LogP contribution in [0.25, 0.3) is 0 Å². The minimum absolute atomic E-state index is 0.263. The van der Waals surface area contributed by atoms with Crippen LogP contribution in [0.1, 0.15) is 24.4 Å². The highest BCUT2D eigenvalue weighted by Crippen LogP contribution is 2.48. The van der Waals surface area contributed by atoms with Gasteiger partial charge in [0, 0.05) is 24.2 Å². The molecule has 5 nitrogen and oxygen atoms in total.